The van der Waals surface area contributed by atoms with E-state index >= 15 is 0 Å². The molecule has 0 aliphatic heterocycles. The van der Waals surface area contributed by atoms with Gasteiger partial charge in [-0.1, -0.05) is 0 Å². The van der Waals surface area contributed by atoms with Gasteiger partial charge in [-0.15, -0.1) is 0 Å². The zero-order chi connectivity index (χ0) is 6.41. The van der Waals surface area contributed by atoms with Crippen molar-refractivity contribution >= 4 is 22.5 Å². The van der Waals surface area contributed by atoms with Gasteiger partial charge in [0.1, 0.15) is 0 Å². The summed E-state index contributed by atoms with van der Waals surface area (Å²) in [6, 6.07) is 0. The Morgan fingerprint density at radius 2 is 1.62 bits per heavy atom. The first-order valence-corrected chi connectivity index (χ1v) is 3.96. The number of hydrogen-bond donors (Lipinski definition) is 0. The molecular weight excluding hydrogens is 224 g/mol. The summed E-state index contributed by atoms with van der Waals surface area (Å²) < 4.78 is 33.8. The Balaban J connectivity index is 2.58. The van der Waals surface area contributed by atoms with Crippen LogP contribution in [0.4, 0.5) is 13.2 Å². The second kappa shape index (κ2) is 1.55. The van der Waals surface area contributed by atoms with Gasteiger partial charge in [-0.05, 0) is 0 Å². The topological polar surface area (TPSA) is 0 Å². The molecule has 0 N–H and O–H groups in total. The fourth-order valence-electron chi connectivity index (χ4n) is 0.418. The summed E-state index contributed by atoms with van der Waals surface area (Å²) in [5.74, 6) is 0. The minimum absolute atomic E-state index is 0.336. The van der Waals surface area contributed by atoms with Crippen LogP contribution in [0, 0.1) is 0 Å². The van der Waals surface area contributed by atoms with Crippen LogP contribution in [0.1, 0.15) is 12.8 Å². The average Bonchev–Trinajstić information content (AvgIpc) is 2.16. The molecule has 0 unspecified atom stereocenters. The van der Waals surface area contributed by atoms with E-state index in [1.54, 1.807) is 0 Å². The molecule has 46 valence electrons. The molecule has 0 bridgehead atoms. The van der Waals surface area contributed by atoms with E-state index in [2.05, 4.69) is 0 Å². The molecule has 8 heavy (non-hydrogen) atoms. The standard InChI is InChI=1S/C4H4F3.Sn.H/c5-4(6,7)3-1-2-3;;/h1-2H2;;. The van der Waals surface area contributed by atoms with Crippen molar-refractivity contribution in [2.75, 3.05) is 0 Å². The van der Waals surface area contributed by atoms with Crippen LogP contribution in [-0.4, -0.2) is 28.7 Å². The molecule has 0 aromatic carbocycles. The maximum atomic E-state index is 11.7. The fourth-order valence-corrected chi connectivity index (χ4v) is 0.830. The predicted octanol–water partition coefficient (Wildman–Crippen LogP) is 1.40. The van der Waals surface area contributed by atoms with Crippen LogP contribution in [-0.2, 0) is 0 Å². The normalized spacial score (nSPS) is 25.5. The van der Waals surface area contributed by atoms with Crippen molar-refractivity contribution in [1.29, 1.82) is 0 Å². The molecule has 0 heterocycles. The molecule has 0 aromatic heterocycles. The first kappa shape index (κ1) is 6.71. The molecule has 1 rings (SSSR count). The summed E-state index contributed by atoms with van der Waals surface area (Å²) in [6.07, 6.45) is -3.15. The van der Waals surface area contributed by atoms with Gasteiger partial charge in [0.15, 0.2) is 0 Å². The van der Waals surface area contributed by atoms with Crippen molar-refractivity contribution in [3.63, 3.8) is 0 Å². The Hall–Kier alpha value is 0.589. The summed E-state index contributed by atoms with van der Waals surface area (Å²) in [7, 11) is 0. The molecule has 0 spiro atoms. The maximum absolute atomic E-state index is 11.7. The number of rotatable bonds is 0. The van der Waals surface area contributed by atoms with Crippen LogP contribution >= 0.6 is 0 Å². The van der Waals surface area contributed by atoms with Gasteiger partial charge in [-0.25, -0.2) is 0 Å². The van der Waals surface area contributed by atoms with Gasteiger partial charge >= 0.3 is 58.1 Å². The molecule has 2 radical (unpaired) electrons. The van der Waals surface area contributed by atoms with Crippen molar-refractivity contribution in [3.8, 4) is 0 Å². The van der Waals surface area contributed by atoms with Gasteiger partial charge < -0.3 is 0 Å². The third kappa shape index (κ3) is 0.967. The van der Waals surface area contributed by atoms with E-state index in [9.17, 15) is 13.2 Å². The van der Waals surface area contributed by atoms with E-state index < -0.39 is 9.61 Å². The third-order valence-electron chi connectivity index (χ3n) is 1.35. The summed E-state index contributed by atoms with van der Waals surface area (Å²) in [5.41, 5.74) is 0. The molecule has 1 aliphatic carbocycles. The van der Waals surface area contributed by atoms with Crippen molar-refractivity contribution < 1.29 is 13.2 Å². The van der Waals surface area contributed by atoms with Gasteiger partial charge in [0.2, 0.25) is 0 Å². The number of alkyl halides is 3. The van der Waals surface area contributed by atoms with Gasteiger partial charge in [0, 0.05) is 0 Å². The average molecular weight is 229 g/mol. The van der Waals surface area contributed by atoms with Crippen LogP contribution in [0.5, 0.6) is 0 Å². The molecule has 0 atom stereocenters. The first-order chi connectivity index (χ1) is 3.46. The molecule has 0 saturated heterocycles. The van der Waals surface area contributed by atoms with Gasteiger partial charge in [0.05, 0.1) is 0 Å². The molecule has 1 saturated carbocycles. The monoisotopic (exact) mass is 230 g/mol. The predicted molar refractivity (Wildman–Crippen MR) is 25.1 cm³/mol. The molecule has 0 amide bonds. The van der Waals surface area contributed by atoms with Gasteiger partial charge in [-0.2, -0.15) is 0 Å². The van der Waals surface area contributed by atoms with E-state index in [-0.39, 0.29) is 0 Å². The summed E-state index contributed by atoms with van der Waals surface area (Å²) in [4.78, 5) is 0. The number of hydrogen-bond acceptors (Lipinski definition) is 0. The second-order valence-corrected chi connectivity index (χ2v) is 5.31. The first-order valence-electron chi connectivity index (χ1n) is 2.31. The van der Waals surface area contributed by atoms with Gasteiger partial charge in [-0.3, -0.25) is 0 Å². The second-order valence-electron chi connectivity index (χ2n) is 2.15. The van der Waals surface area contributed by atoms with Crippen LogP contribution in [0.3, 0.4) is 0 Å². The Kier molecular flexibility index (Phi) is 1.30. The quantitative estimate of drug-likeness (QED) is 0.550. The zero-order valence-electron chi connectivity index (χ0n) is 4.13. The Labute approximate surface area is 58.5 Å². The molecule has 0 aromatic rings. The third-order valence-corrected chi connectivity index (χ3v) is 3.94. The fraction of sp³-hybridized carbons (Fsp3) is 1.00. The van der Waals surface area contributed by atoms with Crippen molar-refractivity contribution in [1.82, 2.24) is 0 Å². The molecule has 1 aliphatic rings. The summed E-state index contributed by atoms with van der Waals surface area (Å²) >= 11 is 0.336. The van der Waals surface area contributed by atoms with E-state index in [0.29, 0.717) is 35.4 Å². The molecular formula is C4H5F3Sn. The Morgan fingerprint density at radius 3 is 1.62 bits per heavy atom. The van der Waals surface area contributed by atoms with E-state index in [0.717, 1.165) is 0 Å². The van der Waals surface area contributed by atoms with Crippen molar-refractivity contribution in [2.24, 2.45) is 0 Å². The SMILES string of the molecule is FC(F)(F)[C]1([SnH])CC1. The van der Waals surface area contributed by atoms with E-state index in [1.807, 2.05) is 0 Å². The summed E-state index contributed by atoms with van der Waals surface area (Å²) in [5, 5.41) is 0. The van der Waals surface area contributed by atoms with E-state index in [4.69, 9.17) is 0 Å². The van der Waals surface area contributed by atoms with E-state index in [1.165, 1.54) is 0 Å². The van der Waals surface area contributed by atoms with Crippen LogP contribution < -0.4 is 0 Å². The zero-order valence-corrected chi connectivity index (χ0v) is 7.42. The minimum atomic E-state index is -3.89. The Morgan fingerprint density at radius 1 is 1.25 bits per heavy atom. The Bertz CT molecular complexity index is 99.1. The molecule has 4 heteroatoms. The molecule has 0 nitrogen and oxygen atoms in total. The van der Waals surface area contributed by atoms with Crippen molar-refractivity contribution in [3.05, 3.63) is 0 Å². The van der Waals surface area contributed by atoms with Crippen molar-refractivity contribution in [2.45, 2.75) is 22.4 Å². The summed E-state index contributed by atoms with van der Waals surface area (Å²) in [6.45, 7) is 0. The number of halogens is 3. The molecule has 1 fully saturated rings. The van der Waals surface area contributed by atoms with Crippen LogP contribution in [0.2, 0.25) is 3.43 Å². The van der Waals surface area contributed by atoms with Crippen LogP contribution in [0.25, 0.3) is 0 Å². The van der Waals surface area contributed by atoms with Gasteiger partial charge in [0.25, 0.3) is 0 Å². The van der Waals surface area contributed by atoms with Crippen LogP contribution in [0.15, 0.2) is 0 Å².